The number of likely N-dealkylation sites (N-methyl/N-ethyl adjacent to an activating group) is 1. The van der Waals surface area contributed by atoms with Gasteiger partial charge in [0.15, 0.2) is 0 Å². The number of benzene rings is 3. The number of hydrogen-bond acceptors (Lipinski definition) is 4. The van der Waals surface area contributed by atoms with Gasteiger partial charge in [-0.25, -0.2) is 9.07 Å². The zero-order valence-electron chi connectivity index (χ0n) is 19.8. The van der Waals surface area contributed by atoms with E-state index in [1.807, 2.05) is 36.4 Å². The number of anilines is 1. The molecule has 5 rings (SSSR count). The molecule has 7 nitrogen and oxygen atoms in total. The highest BCUT2D eigenvalue weighted by molar-refractivity contribution is 6.04. The number of halogens is 1. The molecule has 0 radical (unpaired) electrons. The fraction of sp³-hybridized carbons (Fsp3) is 0.222. The van der Waals surface area contributed by atoms with Crippen molar-refractivity contribution in [2.24, 2.45) is 0 Å². The van der Waals surface area contributed by atoms with Crippen molar-refractivity contribution in [2.75, 3.05) is 38.5 Å². The smallest absolute Gasteiger partial charge is 0.274 e. The molecule has 4 aromatic rings. The monoisotopic (exact) mass is 470 g/mol. The van der Waals surface area contributed by atoms with Crippen LogP contribution in [0.5, 0.6) is 0 Å². The molecule has 1 aliphatic heterocycles. The van der Waals surface area contributed by atoms with Crippen molar-refractivity contribution in [3.8, 4) is 5.69 Å². The van der Waals surface area contributed by atoms with E-state index in [1.165, 1.54) is 10.7 Å². The number of amides is 1. The van der Waals surface area contributed by atoms with Gasteiger partial charge in [0.1, 0.15) is 23.0 Å². The highest BCUT2D eigenvalue weighted by atomic mass is 19.1. The van der Waals surface area contributed by atoms with E-state index < -0.39 is 5.82 Å². The molecule has 1 amide bonds. The first kappa shape index (κ1) is 22.7. The maximum atomic E-state index is 15.0. The molecular weight excluding hydrogens is 443 g/mol. The minimum atomic E-state index is -0.451. The van der Waals surface area contributed by atoms with Gasteiger partial charge in [0.05, 0.1) is 5.69 Å². The molecule has 0 spiro atoms. The van der Waals surface area contributed by atoms with Gasteiger partial charge in [-0.3, -0.25) is 10.2 Å². The topological polar surface area (TPSA) is 77.3 Å². The van der Waals surface area contributed by atoms with Crippen LogP contribution < -0.4 is 5.32 Å². The average molecular weight is 471 g/mol. The van der Waals surface area contributed by atoms with Crippen molar-refractivity contribution in [3.05, 3.63) is 89.5 Å². The van der Waals surface area contributed by atoms with Crippen molar-refractivity contribution in [1.29, 1.82) is 5.41 Å². The summed E-state index contributed by atoms with van der Waals surface area (Å²) in [6.45, 7) is 5.28. The molecule has 0 bridgehead atoms. The molecule has 35 heavy (non-hydrogen) atoms. The summed E-state index contributed by atoms with van der Waals surface area (Å²) in [7, 11) is 2.08. The first-order valence-electron chi connectivity index (χ1n) is 11.6. The van der Waals surface area contributed by atoms with Crippen LogP contribution >= 0.6 is 0 Å². The lowest BCUT2D eigenvalue weighted by molar-refractivity contribution is 0.101. The predicted molar refractivity (Wildman–Crippen MR) is 136 cm³/mol. The molecule has 0 atom stereocenters. The molecule has 0 unspecified atom stereocenters. The molecule has 2 N–H and O–H groups in total. The largest absolute Gasteiger partial charge is 0.354 e. The second-order valence-corrected chi connectivity index (χ2v) is 8.90. The fourth-order valence-electron chi connectivity index (χ4n) is 4.33. The lowest BCUT2D eigenvalue weighted by Gasteiger charge is -2.34. The van der Waals surface area contributed by atoms with Crippen molar-refractivity contribution in [3.63, 3.8) is 0 Å². The second-order valence-electron chi connectivity index (χ2n) is 8.90. The van der Waals surface area contributed by atoms with E-state index in [9.17, 15) is 9.18 Å². The third kappa shape index (κ3) is 4.65. The number of carbonyl (C=O) groups excluding carboxylic acids is 1. The van der Waals surface area contributed by atoms with Gasteiger partial charge < -0.3 is 15.1 Å². The SMILES string of the molecule is Cc1cc(C(=O)Nc2ccc(C(=N)N3CCN(C)CC3)cc2)n(-c2cc3ccccc3cc2F)n1. The second kappa shape index (κ2) is 9.31. The molecule has 1 fully saturated rings. The van der Waals surface area contributed by atoms with Gasteiger partial charge >= 0.3 is 0 Å². The van der Waals surface area contributed by atoms with Crippen molar-refractivity contribution >= 4 is 28.2 Å². The van der Waals surface area contributed by atoms with Crippen LogP contribution in [0.25, 0.3) is 16.5 Å². The summed E-state index contributed by atoms with van der Waals surface area (Å²) in [5, 5.41) is 17.4. The number of piperazine rings is 1. The van der Waals surface area contributed by atoms with Crippen molar-refractivity contribution in [2.45, 2.75) is 6.92 Å². The van der Waals surface area contributed by atoms with Gasteiger partial charge in [-0.2, -0.15) is 5.10 Å². The molecule has 178 valence electrons. The Hall–Kier alpha value is -4.04. The Kier molecular flexibility index (Phi) is 6.05. The van der Waals surface area contributed by atoms with Gasteiger partial charge in [-0.1, -0.05) is 24.3 Å². The zero-order chi connectivity index (χ0) is 24.5. The number of nitrogens with one attached hydrogen (secondary N) is 2. The minimum Gasteiger partial charge on any atom is -0.354 e. The molecule has 1 saturated heterocycles. The van der Waals surface area contributed by atoms with Gasteiger partial charge in [0.25, 0.3) is 5.91 Å². The number of hydrogen-bond donors (Lipinski definition) is 2. The van der Waals surface area contributed by atoms with Crippen LogP contribution in [0.4, 0.5) is 10.1 Å². The third-order valence-corrected chi connectivity index (χ3v) is 6.34. The van der Waals surface area contributed by atoms with E-state index >= 15 is 0 Å². The van der Waals surface area contributed by atoms with E-state index in [0.29, 0.717) is 17.2 Å². The van der Waals surface area contributed by atoms with Crippen molar-refractivity contribution < 1.29 is 9.18 Å². The van der Waals surface area contributed by atoms with Gasteiger partial charge in [0.2, 0.25) is 0 Å². The van der Waals surface area contributed by atoms with Crippen LogP contribution in [0.2, 0.25) is 0 Å². The number of rotatable bonds is 4. The number of amidine groups is 1. The van der Waals surface area contributed by atoms with Crippen LogP contribution in [0, 0.1) is 18.2 Å². The average Bonchev–Trinajstić information content (AvgIpc) is 3.25. The highest BCUT2D eigenvalue weighted by Crippen LogP contribution is 2.24. The summed E-state index contributed by atoms with van der Waals surface area (Å²) >= 11 is 0. The first-order valence-corrected chi connectivity index (χ1v) is 11.6. The summed E-state index contributed by atoms with van der Waals surface area (Å²) in [4.78, 5) is 17.5. The molecule has 1 aromatic heterocycles. The number of aromatic nitrogens is 2. The summed E-state index contributed by atoms with van der Waals surface area (Å²) in [6, 6.07) is 19.5. The predicted octanol–water partition coefficient (Wildman–Crippen LogP) is 4.30. The van der Waals surface area contributed by atoms with Crippen LogP contribution in [-0.4, -0.2) is 64.5 Å². The number of aryl methyl sites for hydroxylation is 1. The lowest BCUT2D eigenvalue weighted by atomic mass is 10.1. The van der Waals surface area contributed by atoms with E-state index in [0.717, 1.165) is 42.5 Å². The van der Waals surface area contributed by atoms with Crippen LogP contribution in [0.3, 0.4) is 0 Å². The Bertz CT molecular complexity index is 1400. The molecule has 0 aliphatic carbocycles. The maximum Gasteiger partial charge on any atom is 0.274 e. The Labute approximate surface area is 203 Å². The maximum absolute atomic E-state index is 15.0. The summed E-state index contributed by atoms with van der Waals surface area (Å²) in [5.41, 5.74) is 2.46. The van der Waals surface area contributed by atoms with E-state index in [1.54, 1.807) is 31.2 Å². The highest BCUT2D eigenvalue weighted by Gasteiger charge is 2.20. The minimum absolute atomic E-state index is 0.220. The normalized spacial score (nSPS) is 14.3. The van der Waals surface area contributed by atoms with Crippen LogP contribution in [-0.2, 0) is 0 Å². The van der Waals surface area contributed by atoms with E-state index in [4.69, 9.17) is 5.41 Å². The quantitative estimate of drug-likeness (QED) is 0.344. The van der Waals surface area contributed by atoms with Crippen LogP contribution in [0.15, 0.2) is 66.7 Å². The fourth-order valence-corrected chi connectivity index (χ4v) is 4.33. The Balaban J connectivity index is 1.36. The van der Waals surface area contributed by atoms with Gasteiger partial charge in [0, 0.05) is 37.4 Å². The number of nitrogens with zero attached hydrogens (tertiary/aromatic N) is 4. The Morgan fingerprint density at radius 1 is 0.971 bits per heavy atom. The zero-order valence-corrected chi connectivity index (χ0v) is 19.8. The molecule has 3 aromatic carbocycles. The standard InChI is InChI=1S/C27H27FN6O/c1-18-15-25(34(31-18)24-17-21-6-4-3-5-20(21)16-23(24)28)27(35)30-22-9-7-19(8-10-22)26(29)33-13-11-32(2)12-14-33/h3-10,15-17,29H,11-14H2,1-2H3,(H,30,35). The Morgan fingerprint density at radius 3 is 2.31 bits per heavy atom. The van der Waals surface area contributed by atoms with E-state index in [-0.39, 0.29) is 17.3 Å². The molecule has 1 aliphatic rings. The first-order chi connectivity index (χ1) is 16.9. The summed E-state index contributed by atoms with van der Waals surface area (Å²) in [6.07, 6.45) is 0. The third-order valence-electron chi connectivity index (χ3n) is 6.34. The van der Waals surface area contributed by atoms with Crippen LogP contribution in [0.1, 0.15) is 21.7 Å². The Morgan fingerprint density at radius 2 is 1.63 bits per heavy atom. The van der Waals surface area contributed by atoms with Gasteiger partial charge in [-0.15, -0.1) is 0 Å². The summed E-state index contributed by atoms with van der Waals surface area (Å²) in [5.74, 6) is -0.357. The molecule has 8 heteroatoms. The lowest BCUT2D eigenvalue weighted by Crippen LogP contribution is -2.47. The van der Waals surface area contributed by atoms with Gasteiger partial charge in [-0.05, 0) is 67.2 Å². The number of fused-ring (bicyclic) bond motifs is 1. The molecule has 2 heterocycles. The van der Waals surface area contributed by atoms with E-state index in [2.05, 4.69) is 27.3 Å². The molecule has 0 saturated carbocycles. The number of carbonyl (C=O) groups is 1. The van der Waals surface area contributed by atoms with Crippen molar-refractivity contribution in [1.82, 2.24) is 19.6 Å². The summed E-state index contributed by atoms with van der Waals surface area (Å²) < 4.78 is 16.3. The molecular formula is C27H27FN6O.